The number of nitrogens with zero attached hydrogens (tertiary/aromatic N) is 2. The molecule has 0 bridgehead atoms. The van der Waals surface area contributed by atoms with Gasteiger partial charge in [0, 0.05) is 47.0 Å². The van der Waals surface area contributed by atoms with Gasteiger partial charge in [0.15, 0.2) is 23.1 Å². The number of aromatic nitrogens is 3. The van der Waals surface area contributed by atoms with Crippen LogP contribution < -0.4 is 25.0 Å². The molecule has 0 atom stereocenters. The van der Waals surface area contributed by atoms with Gasteiger partial charge in [0.25, 0.3) is 11.8 Å². The first kappa shape index (κ1) is 25.5. The number of benzene rings is 1. The number of pyridine rings is 3. The molecule has 0 unspecified atom stereocenters. The summed E-state index contributed by atoms with van der Waals surface area (Å²) in [6.07, 6.45) is 4.37. The number of anilines is 1. The smallest absolute Gasteiger partial charge is 0.261 e. The van der Waals surface area contributed by atoms with Crippen LogP contribution in [0.25, 0.3) is 22.2 Å². The van der Waals surface area contributed by atoms with Crippen molar-refractivity contribution in [3.05, 3.63) is 88.1 Å². The summed E-state index contributed by atoms with van der Waals surface area (Å²) >= 11 is 0. The van der Waals surface area contributed by atoms with Gasteiger partial charge < -0.3 is 28.9 Å². The lowest BCUT2D eigenvalue weighted by Gasteiger charge is -2.13. The molecule has 11 heteroatoms. The number of fused-ring (bicyclic) bond motifs is 1. The van der Waals surface area contributed by atoms with Crippen molar-refractivity contribution in [2.45, 2.75) is 13.8 Å². The molecule has 198 valence electrons. The first-order chi connectivity index (χ1) is 18.8. The van der Waals surface area contributed by atoms with Crippen LogP contribution in [0, 0.1) is 19.7 Å². The molecule has 10 nitrogen and oxygen atoms in total. The van der Waals surface area contributed by atoms with E-state index in [4.69, 9.17) is 18.6 Å². The summed E-state index contributed by atoms with van der Waals surface area (Å²) in [4.78, 5) is 38.0. The summed E-state index contributed by atoms with van der Waals surface area (Å²) in [6, 6.07) is 8.74. The van der Waals surface area contributed by atoms with E-state index >= 15 is 4.39 Å². The third kappa shape index (κ3) is 4.77. The van der Waals surface area contributed by atoms with E-state index in [0.29, 0.717) is 39.3 Å². The number of H-pyrrole nitrogens is 1. The van der Waals surface area contributed by atoms with E-state index < -0.39 is 17.2 Å². The van der Waals surface area contributed by atoms with Crippen molar-refractivity contribution in [3.63, 3.8) is 0 Å². The molecular formula is C28H23FN4O6. The van der Waals surface area contributed by atoms with Gasteiger partial charge in [-0.3, -0.25) is 14.6 Å². The number of halogens is 1. The number of amides is 1. The highest BCUT2D eigenvalue weighted by atomic mass is 19.1. The lowest BCUT2D eigenvalue weighted by molar-refractivity contribution is 0.102. The van der Waals surface area contributed by atoms with E-state index in [2.05, 4.69) is 20.3 Å². The Morgan fingerprint density at radius 1 is 1.03 bits per heavy atom. The Labute approximate surface area is 221 Å². The fourth-order valence-corrected chi connectivity index (χ4v) is 4.26. The van der Waals surface area contributed by atoms with Gasteiger partial charge >= 0.3 is 0 Å². The maximum atomic E-state index is 15.1. The first-order valence-electron chi connectivity index (χ1n) is 11.7. The van der Waals surface area contributed by atoms with Crippen molar-refractivity contribution in [1.29, 1.82) is 0 Å². The Morgan fingerprint density at radius 3 is 2.54 bits per heavy atom. The second-order valence-corrected chi connectivity index (χ2v) is 8.54. The van der Waals surface area contributed by atoms with Crippen molar-refractivity contribution in [2.24, 2.45) is 0 Å². The molecule has 4 aromatic heterocycles. The van der Waals surface area contributed by atoms with Crippen LogP contribution in [0.2, 0.25) is 0 Å². The number of aryl methyl sites for hydroxylation is 2. The van der Waals surface area contributed by atoms with Crippen molar-refractivity contribution < 1.29 is 27.8 Å². The van der Waals surface area contributed by atoms with Crippen molar-refractivity contribution in [1.82, 2.24) is 15.0 Å². The molecule has 1 aromatic carbocycles. The van der Waals surface area contributed by atoms with Crippen LogP contribution in [0.4, 0.5) is 10.1 Å². The molecule has 5 rings (SSSR count). The number of carbonyl (C=O) groups excluding carboxylic acids is 1. The fraction of sp³-hybridized carbons (Fsp3) is 0.143. The van der Waals surface area contributed by atoms with E-state index in [1.807, 2.05) is 0 Å². The first-order valence-corrected chi connectivity index (χ1v) is 11.7. The maximum absolute atomic E-state index is 15.1. The number of hydrogen-bond acceptors (Lipinski definition) is 8. The number of nitrogens with one attached hydrogen (secondary N) is 2. The standard InChI is InChI=1S/C28H23FN4O6/c1-14-23(16-8-10-38-13-16)26(34)24(15(2)31-14)27(35)32-17-5-6-20(18(29)11-17)39-21-7-9-30-19-12-22(36-3)28(37-4)33-25(19)21/h5-13H,1-4H3,(H,31,34)(H,32,35). The predicted octanol–water partition coefficient (Wildman–Crippen LogP) is 5.40. The minimum absolute atomic E-state index is 0.0868. The summed E-state index contributed by atoms with van der Waals surface area (Å²) in [5.74, 6) is -0.683. The van der Waals surface area contributed by atoms with E-state index in [1.54, 1.807) is 32.0 Å². The zero-order chi connectivity index (χ0) is 27.7. The van der Waals surface area contributed by atoms with Gasteiger partial charge in [0.1, 0.15) is 11.1 Å². The highest BCUT2D eigenvalue weighted by Gasteiger charge is 2.21. The third-order valence-corrected chi connectivity index (χ3v) is 6.05. The highest BCUT2D eigenvalue weighted by Crippen LogP contribution is 2.35. The fourth-order valence-electron chi connectivity index (χ4n) is 4.26. The SMILES string of the molecule is COc1cc2nccc(Oc3ccc(NC(=O)c4c(C)[nH]c(C)c(-c5ccoc5)c4=O)cc3F)c2nc1OC. The summed E-state index contributed by atoms with van der Waals surface area (Å²) < 4.78 is 36.5. The number of rotatable bonds is 7. The molecule has 0 saturated carbocycles. The van der Waals surface area contributed by atoms with Gasteiger partial charge in [-0.05, 0) is 32.0 Å². The number of carbonyl (C=O) groups is 1. The summed E-state index contributed by atoms with van der Waals surface area (Å²) in [6.45, 7) is 3.36. The van der Waals surface area contributed by atoms with Crippen molar-refractivity contribution >= 4 is 22.6 Å². The van der Waals surface area contributed by atoms with Gasteiger partial charge in [0.2, 0.25) is 5.43 Å². The zero-order valence-electron chi connectivity index (χ0n) is 21.4. The largest absolute Gasteiger partial charge is 0.491 e. The van der Waals surface area contributed by atoms with Gasteiger partial charge in [-0.15, -0.1) is 0 Å². The van der Waals surface area contributed by atoms with Crippen LogP contribution in [0.5, 0.6) is 23.1 Å². The molecule has 39 heavy (non-hydrogen) atoms. The Bertz CT molecular complexity index is 1770. The lowest BCUT2D eigenvalue weighted by atomic mass is 10.0. The van der Waals surface area contributed by atoms with Crippen molar-refractivity contribution in [2.75, 3.05) is 19.5 Å². The molecule has 5 aromatic rings. The van der Waals surface area contributed by atoms with E-state index in [1.165, 1.54) is 45.1 Å². The minimum Gasteiger partial charge on any atom is -0.491 e. The third-order valence-electron chi connectivity index (χ3n) is 6.05. The number of aromatic amines is 1. The van der Waals surface area contributed by atoms with E-state index in [9.17, 15) is 9.59 Å². The number of hydrogen-bond donors (Lipinski definition) is 2. The quantitative estimate of drug-likeness (QED) is 0.286. The highest BCUT2D eigenvalue weighted by molar-refractivity contribution is 6.05. The molecule has 0 fully saturated rings. The Hall–Kier alpha value is -5.19. The number of methoxy groups -OCH3 is 2. The maximum Gasteiger partial charge on any atom is 0.261 e. The molecule has 0 aliphatic heterocycles. The topological polar surface area (TPSA) is 129 Å². The predicted molar refractivity (Wildman–Crippen MR) is 141 cm³/mol. The van der Waals surface area contributed by atoms with Gasteiger partial charge in [-0.2, -0.15) is 0 Å². The molecule has 0 aliphatic rings. The minimum atomic E-state index is -0.744. The molecule has 1 amide bonds. The second-order valence-electron chi connectivity index (χ2n) is 8.54. The van der Waals surface area contributed by atoms with Crippen LogP contribution in [-0.4, -0.2) is 35.1 Å². The molecule has 2 N–H and O–H groups in total. The molecule has 0 spiro atoms. The van der Waals surface area contributed by atoms with E-state index in [-0.39, 0.29) is 28.6 Å². The van der Waals surface area contributed by atoms with Crippen molar-refractivity contribution in [3.8, 4) is 34.3 Å². The van der Waals surface area contributed by atoms with Crippen LogP contribution in [-0.2, 0) is 0 Å². The van der Waals surface area contributed by atoms with Crippen LogP contribution >= 0.6 is 0 Å². The molecule has 0 aliphatic carbocycles. The second kappa shape index (κ2) is 10.3. The Kier molecular flexibility index (Phi) is 6.72. The average molecular weight is 531 g/mol. The Balaban J connectivity index is 1.42. The van der Waals surface area contributed by atoms with Gasteiger partial charge in [0.05, 0.1) is 37.8 Å². The lowest BCUT2D eigenvalue weighted by Crippen LogP contribution is -2.26. The normalized spacial score (nSPS) is 10.9. The zero-order valence-corrected chi connectivity index (χ0v) is 21.4. The monoisotopic (exact) mass is 530 g/mol. The molecule has 4 heterocycles. The van der Waals surface area contributed by atoms with Crippen LogP contribution in [0.15, 0.2) is 64.3 Å². The Morgan fingerprint density at radius 2 is 1.85 bits per heavy atom. The summed E-state index contributed by atoms with van der Waals surface area (Å²) in [5.41, 5.74) is 2.23. The van der Waals surface area contributed by atoms with Crippen LogP contribution in [0.1, 0.15) is 21.7 Å². The summed E-state index contributed by atoms with van der Waals surface area (Å²) in [5, 5.41) is 2.59. The number of ether oxygens (including phenoxy) is 3. The average Bonchev–Trinajstić information content (AvgIpc) is 3.43. The van der Waals surface area contributed by atoms with Gasteiger partial charge in [-0.25, -0.2) is 9.37 Å². The molecule has 0 radical (unpaired) electrons. The number of furan rings is 1. The molecule has 0 saturated heterocycles. The van der Waals surface area contributed by atoms with Crippen LogP contribution in [0.3, 0.4) is 0 Å². The van der Waals surface area contributed by atoms with E-state index in [0.717, 1.165) is 6.07 Å². The summed E-state index contributed by atoms with van der Waals surface area (Å²) in [7, 11) is 2.93. The molecular weight excluding hydrogens is 507 g/mol. The van der Waals surface area contributed by atoms with Gasteiger partial charge in [-0.1, -0.05) is 0 Å².